The lowest BCUT2D eigenvalue weighted by Crippen LogP contribution is -2.29. The third kappa shape index (κ3) is 2.54. The van der Waals surface area contributed by atoms with Crippen molar-refractivity contribution in [2.24, 2.45) is 4.99 Å². The van der Waals surface area contributed by atoms with Crippen LogP contribution in [0.25, 0.3) is 5.57 Å². The molecule has 1 aliphatic heterocycles. The van der Waals surface area contributed by atoms with Gasteiger partial charge in [-0.3, -0.25) is 0 Å². The molecule has 0 radical (unpaired) electrons. The van der Waals surface area contributed by atoms with Gasteiger partial charge >= 0.3 is 0 Å². The van der Waals surface area contributed by atoms with E-state index in [1.54, 1.807) is 0 Å². The SMILES string of the molecule is ClC1=C(c2ccccc2)CNC(c2ccccc2)=N1. The summed E-state index contributed by atoms with van der Waals surface area (Å²) in [6.45, 7) is 0.691. The first-order valence-electron chi connectivity index (χ1n) is 6.16. The largest absolute Gasteiger partial charge is 0.365 e. The van der Waals surface area contributed by atoms with Crippen LogP contribution in [0.4, 0.5) is 0 Å². The van der Waals surface area contributed by atoms with Gasteiger partial charge in [0, 0.05) is 17.7 Å². The molecule has 0 aliphatic carbocycles. The molecule has 94 valence electrons. The number of benzene rings is 2. The topological polar surface area (TPSA) is 24.4 Å². The van der Waals surface area contributed by atoms with Gasteiger partial charge in [0.05, 0.1) is 0 Å². The monoisotopic (exact) mass is 268 g/mol. The van der Waals surface area contributed by atoms with Crippen LogP contribution in [-0.2, 0) is 0 Å². The first kappa shape index (κ1) is 12.0. The van der Waals surface area contributed by atoms with Gasteiger partial charge in [0.25, 0.3) is 0 Å². The summed E-state index contributed by atoms with van der Waals surface area (Å²) in [6, 6.07) is 20.1. The summed E-state index contributed by atoms with van der Waals surface area (Å²) in [5.41, 5.74) is 3.19. The molecule has 0 aromatic heterocycles. The average molecular weight is 269 g/mol. The minimum absolute atomic E-state index is 0.559. The molecule has 3 rings (SSSR count). The number of amidine groups is 1. The number of hydrogen-bond acceptors (Lipinski definition) is 2. The Morgan fingerprint density at radius 1 is 0.842 bits per heavy atom. The van der Waals surface area contributed by atoms with Crippen molar-refractivity contribution in [2.45, 2.75) is 0 Å². The van der Waals surface area contributed by atoms with Crippen LogP contribution in [0.5, 0.6) is 0 Å². The molecular weight excluding hydrogens is 256 g/mol. The number of nitrogens with one attached hydrogen (secondary N) is 1. The van der Waals surface area contributed by atoms with Crippen molar-refractivity contribution < 1.29 is 0 Å². The first-order valence-corrected chi connectivity index (χ1v) is 6.54. The minimum atomic E-state index is 0.559. The predicted octanol–water partition coefficient (Wildman–Crippen LogP) is 3.64. The molecular formula is C16H13ClN2. The Labute approximate surface area is 117 Å². The van der Waals surface area contributed by atoms with Crippen LogP contribution in [0.2, 0.25) is 0 Å². The maximum atomic E-state index is 6.31. The molecule has 1 heterocycles. The molecule has 0 unspecified atom stereocenters. The van der Waals surface area contributed by atoms with E-state index in [4.69, 9.17) is 11.6 Å². The molecule has 19 heavy (non-hydrogen) atoms. The molecule has 2 aromatic rings. The molecule has 0 fully saturated rings. The summed E-state index contributed by atoms with van der Waals surface area (Å²) in [4.78, 5) is 4.46. The van der Waals surface area contributed by atoms with Gasteiger partial charge in [0.2, 0.25) is 0 Å². The third-order valence-electron chi connectivity index (χ3n) is 3.06. The maximum absolute atomic E-state index is 6.31. The third-order valence-corrected chi connectivity index (χ3v) is 3.37. The normalized spacial score (nSPS) is 14.9. The average Bonchev–Trinajstić information content (AvgIpc) is 2.49. The van der Waals surface area contributed by atoms with Crippen LogP contribution >= 0.6 is 11.6 Å². The smallest absolute Gasteiger partial charge is 0.137 e. The molecule has 2 aromatic carbocycles. The highest BCUT2D eigenvalue weighted by atomic mass is 35.5. The summed E-state index contributed by atoms with van der Waals surface area (Å²) in [5, 5.41) is 3.88. The first-order chi connectivity index (χ1) is 9.34. The van der Waals surface area contributed by atoms with E-state index in [0.29, 0.717) is 11.7 Å². The Balaban J connectivity index is 1.97. The van der Waals surface area contributed by atoms with E-state index in [0.717, 1.165) is 22.5 Å². The van der Waals surface area contributed by atoms with Crippen LogP contribution in [0.3, 0.4) is 0 Å². The fourth-order valence-electron chi connectivity index (χ4n) is 2.07. The molecule has 1 N–H and O–H groups in total. The van der Waals surface area contributed by atoms with Crippen molar-refractivity contribution in [3.05, 3.63) is 76.9 Å². The van der Waals surface area contributed by atoms with Gasteiger partial charge < -0.3 is 5.32 Å². The summed E-state index contributed by atoms with van der Waals surface area (Å²) in [7, 11) is 0. The van der Waals surface area contributed by atoms with E-state index in [-0.39, 0.29) is 0 Å². The number of aliphatic imine (C=N–C) groups is 1. The number of rotatable bonds is 2. The molecule has 0 amide bonds. The van der Waals surface area contributed by atoms with Gasteiger partial charge in [-0.1, -0.05) is 72.3 Å². The summed E-state index contributed by atoms with van der Waals surface area (Å²) in [6.07, 6.45) is 0. The lowest BCUT2D eigenvalue weighted by molar-refractivity contribution is 1.02. The second kappa shape index (κ2) is 5.29. The van der Waals surface area contributed by atoms with E-state index in [9.17, 15) is 0 Å². The molecule has 0 saturated heterocycles. The second-order valence-electron chi connectivity index (χ2n) is 4.32. The molecule has 0 atom stereocenters. The van der Waals surface area contributed by atoms with Crippen molar-refractivity contribution in [1.29, 1.82) is 0 Å². The van der Waals surface area contributed by atoms with E-state index >= 15 is 0 Å². The number of halogens is 1. The van der Waals surface area contributed by atoms with Crippen LogP contribution in [0.15, 0.2) is 70.8 Å². The number of nitrogens with zero attached hydrogens (tertiary/aromatic N) is 1. The fourth-order valence-corrected chi connectivity index (χ4v) is 2.33. The number of hydrogen-bond donors (Lipinski definition) is 1. The Hall–Kier alpha value is -2.06. The lowest BCUT2D eigenvalue weighted by Gasteiger charge is -2.18. The fraction of sp³-hybridized carbons (Fsp3) is 0.0625. The Morgan fingerprint density at radius 2 is 1.42 bits per heavy atom. The van der Waals surface area contributed by atoms with Gasteiger partial charge in [-0.05, 0) is 5.56 Å². The quantitative estimate of drug-likeness (QED) is 0.826. The van der Waals surface area contributed by atoms with E-state index in [1.165, 1.54) is 0 Å². The van der Waals surface area contributed by atoms with Crippen LogP contribution in [-0.4, -0.2) is 12.4 Å². The molecule has 0 bridgehead atoms. The van der Waals surface area contributed by atoms with Crippen molar-refractivity contribution in [2.75, 3.05) is 6.54 Å². The van der Waals surface area contributed by atoms with Crippen molar-refractivity contribution in [3.8, 4) is 0 Å². The highest BCUT2D eigenvalue weighted by molar-refractivity contribution is 6.34. The second-order valence-corrected chi connectivity index (χ2v) is 4.67. The lowest BCUT2D eigenvalue weighted by atomic mass is 10.1. The zero-order valence-electron chi connectivity index (χ0n) is 10.3. The van der Waals surface area contributed by atoms with Crippen molar-refractivity contribution in [1.82, 2.24) is 5.32 Å². The molecule has 0 saturated carbocycles. The predicted molar refractivity (Wildman–Crippen MR) is 80.2 cm³/mol. The van der Waals surface area contributed by atoms with Crippen molar-refractivity contribution in [3.63, 3.8) is 0 Å². The summed E-state index contributed by atoms with van der Waals surface area (Å²) < 4.78 is 0. The van der Waals surface area contributed by atoms with Crippen molar-refractivity contribution >= 4 is 23.0 Å². The zero-order valence-corrected chi connectivity index (χ0v) is 11.1. The van der Waals surface area contributed by atoms with E-state index in [2.05, 4.69) is 10.3 Å². The molecule has 2 nitrogen and oxygen atoms in total. The maximum Gasteiger partial charge on any atom is 0.137 e. The molecule has 0 spiro atoms. The summed E-state index contributed by atoms with van der Waals surface area (Å²) >= 11 is 6.31. The highest BCUT2D eigenvalue weighted by Crippen LogP contribution is 2.25. The van der Waals surface area contributed by atoms with Gasteiger partial charge in [-0.2, -0.15) is 0 Å². The van der Waals surface area contributed by atoms with Crippen LogP contribution in [0.1, 0.15) is 11.1 Å². The Morgan fingerprint density at radius 3 is 2.00 bits per heavy atom. The standard InChI is InChI=1S/C16H13ClN2/c17-15-14(12-7-3-1-4-8-12)11-18-16(19-15)13-9-5-2-6-10-13/h1-10H,11H2,(H,18,19). The van der Waals surface area contributed by atoms with Gasteiger partial charge in [-0.15, -0.1) is 0 Å². The van der Waals surface area contributed by atoms with E-state index < -0.39 is 0 Å². The summed E-state index contributed by atoms with van der Waals surface area (Å²) in [5.74, 6) is 0.824. The van der Waals surface area contributed by atoms with Gasteiger partial charge in [0.15, 0.2) is 0 Å². The molecule has 3 heteroatoms. The minimum Gasteiger partial charge on any atom is -0.365 e. The van der Waals surface area contributed by atoms with Crippen LogP contribution < -0.4 is 5.32 Å². The Bertz CT molecular complexity index is 630. The molecule has 1 aliphatic rings. The zero-order chi connectivity index (χ0) is 13.1. The highest BCUT2D eigenvalue weighted by Gasteiger charge is 2.15. The van der Waals surface area contributed by atoms with E-state index in [1.807, 2.05) is 60.7 Å². The van der Waals surface area contributed by atoms with Gasteiger partial charge in [-0.25, -0.2) is 4.99 Å². The van der Waals surface area contributed by atoms with Crippen LogP contribution in [0, 0.1) is 0 Å². The van der Waals surface area contributed by atoms with Gasteiger partial charge in [0.1, 0.15) is 11.0 Å². The Kier molecular flexibility index (Phi) is 3.34.